The molecular weight excluding hydrogens is 256 g/mol. The summed E-state index contributed by atoms with van der Waals surface area (Å²) < 4.78 is 0. The molecule has 1 aromatic carbocycles. The van der Waals surface area contributed by atoms with Gasteiger partial charge in [-0.15, -0.1) is 0 Å². The zero-order valence-corrected chi connectivity index (χ0v) is 12.2. The van der Waals surface area contributed by atoms with E-state index in [9.17, 15) is 0 Å². The van der Waals surface area contributed by atoms with E-state index in [0.717, 1.165) is 37.2 Å². The summed E-state index contributed by atoms with van der Waals surface area (Å²) >= 11 is 5.17. The molecule has 1 aliphatic rings. The predicted octanol–water partition coefficient (Wildman–Crippen LogP) is 2.23. The number of nitrogens with zero attached hydrogens (tertiary/aromatic N) is 1. The number of aliphatic hydroxyl groups is 1. The molecule has 104 valence electrons. The average Bonchev–Trinajstić information content (AvgIpc) is 2.39. The van der Waals surface area contributed by atoms with Crippen LogP contribution in [0.4, 0.5) is 5.69 Å². The van der Waals surface area contributed by atoms with Crippen molar-refractivity contribution in [3.05, 3.63) is 29.3 Å². The van der Waals surface area contributed by atoms with Crippen molar-refractivity contribution in [3.8, 4) is 0 Å². The molecule has 1 fully saturated rings. The summed E-state index contributed by atoms with van der Waals surface area (Å²) in [5.41, 5.74) is 9.14. The Bertz CT molecular complexity index is 459. The molecule has 1 aliphatic heterocycles. The molecule has 0 spiro atoms. The number of aryl methyl sites for hydroxylation is 1. The van der Waals surface area contributed by atoms with Crippen molar-refractivity contribution in [2.75, 3.05) is 24.6 Å². The fourth-order valence-electron chi connectivity index (χ4n) is 2.83. The highest BCUT2D eigenvalue weighted by molar-refractivity contribution is 7.80. The van der Waals surface area contributed by atoms with Gasteiger partial charge in [0.05, 0.1) is 0 Å². The summed E-state index contributed by atoms with van der Waals surface area (Å²) in [6.07, 6.45) is 3.24. The molecule has 0 aliphatic carbocycles. The number of piperidine rings is 1. The molecule has 0 bridgehead atoms. The maximum atomic E-state index is 9.10. The zero-order valence-electron chi connectivity index (χ0n) is 11.4. The monoisotopic (exact) mass is 278 g/mol. The highest BCUT2D eigenvalue weighted by Gasteiger charge is 2.21. The molecule has 1 aromatic rings. The Kier molecular flexibility index (Phi) is 4.77. The fourth-order valence-corrected chi connectivity index (χ4v) is 2.99. The molecule has 4 heteroatoms. The molecule has 0 saturated carbocycles. The van der Waals surface area contributed by atoms with Gasteiger partial charge in [-0.25, -0.2) is 0 Å². The van der Waals surface area contributed by atoms with Gasteiger partial charge in [0.2, 0.25) is 0 Å². The first-order valence-electron chi connectivity index (χ1n) is 6.88. The molecule has 19 heavy (non-hydrogen) atoms. The Labute approximate surface area is 120 Å². The molecule has 3 N–H and O–H groups in total. The van der Waals surface area contributed by atoms with E-state index in [4.69, 9.17) is 23.1 Å². The number of aliphatic hydroxyl groups excluding tert-OH is 1. The highest BCUT2D eigenvalue weighted by atomic mass is 32.1. The van der Waals surface area contributed by atoms with Crippen LogP contribution in [0, 0.1) is 12.8 Å². The van der Waals surface area contributed by atoms with Crippen LogP contribution in [0.3, 0.4) is 0 Å². The smallest absolute Gasteiger partial charge is 0.106 e. The van der Waals surface area contributed by atoms with E-state index in [0.29, 0.717) is 10.9 Å². The second-order valence-electron chi connectivity index (χ2n) is 5.35. The zero-order chi connectivity index (χ0) is 13.8. The van der Waals surface area contributed by atoms with Gasteiger partial charge in [-0.1, -0.05) is 23.8 Å². The molecule has 1 heterocycles. The maximum absolute atomic E-state index is 9.10. The number of hydrogen-bond donors (Lipinski definition) is 2. The minimum absolute atomic E-state index is 0.272. The van der Waals surface area contributed by atoms with Crippen molar-refractivity contribution in [1.82, 2.24) is 0 Å². The van der Waals surface area contributed by atoms with Crippen LogP contribution in [-0.4, -0.2) is 29.8 Å². The summed E-state index contributed by atoms with van der Waals surface area (Å²) in [6, 6.07) is 6.28. The molecule has 1 saturated heterocycles. The summed E-state index contributed by atoms with van der Waals surface area (Å²) in [6.45, 7) is 4.35. The molecule has 3 nitrogen and oxygen atoms in total. The molecule has 0 radical (unpaired) electrons. The minimum Gasteiger partial charge on any atom is -0.396 e. The van der Waals surface area contributed by atoms with E-state index in [2.05, 4.69) is 30.0 Å². The van der Waals surface area contributed by atoms with Crippen LogP contribution >= 0.6 is 12.2 Å². The van der Waals surface area contributed by atoms with Crippen molar-refractivity contribution in [1.29, 1.82) is 0 Å². The van der Waals surface area contributed by atoms with E-state index in [1.165, 1.54) is 12.0 Å². The SMILES string of the molecule is Cc1ccc(N2CCCC(CCO)C2)c(C(N)=S)c1. The van der Waals surface area contributed by atoms with E-state index in [-0.39, 0.29) is 6.61 Å². The number of anilines is 1. The van der Waals surface area contributed by atoms with Crippen LogP contribution in [0.5, 0.6) is 0 Å². The van der Waals surface area contributed by atoms with Gasteiger partial charge in [0.15, 0.2) is 0 Å². The van der Waals surface area contributed by atoms with Gasteiger partial charge < -0.3 is 15.7 Å². The number of nitrogens with two attached hydrogens (primary N) is 1. The van der Waals surface area contributed by atoms with Crippen LogP contribution in [0.15, 0.2) is 18.2 Å². The molecule has 2 rings (SSSR count). The maximum Gasteiger partial charge on any atom is 0.106 e. The van der Waals surface area contributed by atoms with Crippen LogP contribution in [-0.2, 0) is 0 Å². The third-order valence-electron chi connectivity index (χ3n) is 3.81. The van der Waals surface area contributed by atoms with Crippen LogP contribution in [0.25, 0.3) is 0 Å². The lowest BCUT2D eigenvalue weighted by atomic mass is 9.94. The third-order valence-corrected chi connectivity index (χ3v) is 4.03. The summed E-state index contributed by atoms with van der Waals surface area (Å²) in [7, 11) is 0. The summed E-state index contributed by atoms with van der Waals surface area (Å²) in [5, 5.41) is 9.10. The molecule has 1 atom stereocenters. The first kappa shape index (κ1) is 14.3. The van der Waals surface area contributed by atoms with Crippen molar-refractivity contribution < 1.29 is 5.11 Å². The second kappa shape index (κ2) is 6.35. The first-order valence-corrected chi connectivity index (χ1v) is 7.29. The van der Waals surface area contributed by atoms with Gasteiger partial charge in [0.1, 0.15) is 4.99 Å². The Morgan fingerprint density at radius 2 is 2.32 bits per heavy atom. The lowest BCUT2D eigenvalue weighted by Gasteiger charge is -2.35. The van der Waals surface area contributed by atoms with Crippen molar-refractivity contribution in [2.24, 2.45) is 11.7 Å². The standard InChI is InChI=1S/C15H22N2OS/c1-11-4-5-14(13(9-11)15(16)19)17-7-2-3-12(10-17)6-8-18/h4-5,9,12,18H,2-3,6-8,10H2,1H3,(H2,16,19). The second-order valence-corrected chi connectivity index (χ2v) is 5.79. The number of rotatable bonds is 4. The van der Waals surface area contributed by atoms with Crippen LogP contribution in [0.1, 0.15) is 30.4 Å². The van der Waals surface area contributed by atoms with Crippen LogP contribution < -0.4 is 10.6 Å². The Hall–Kier alpha value is -1.13. The molecule has 1 unspecified atom stereocenters. The highest BCUT2D eigenvalue weighted by Crippen LogP contribution is 2.28. The van der Waals surface area contributed by atoms with Crippen molar-refractivity contribution >= 4 is 22.9 Å². The summed E-state index contributed by atoms with van der Waals surface area (Å²) in [4.78, 5) is 2.82. The van der Waals surface area contributed by atoms with Gasteiger partial charge in [-0.2, -0.15) is 0 Å². The number of benzene rings is 1. The third kappa shape index (κ3) is 3.45. The van der Waals surface area contributed by atoms with Gasteiger partial charge in [-0.05, 0) is 44.2 Å². The molecule has 0 aromatic heterocycles. The van der Waals surface area contributed by atoms with Gasteiger partial charge in [0, 0.05) is 30.9 Å². The molecular formula is C15H22N2OS. The number of thiocarbonyl (C=S) groups is 1. The van der Waals surface area contributed by atoms with E-state index in [1.54, 1.807) is 0 Å². The quantitative estimate of drug-likeness (QED) is 0.829. The van der Waals surface area contributed by atoms with Gasteiger partial charge in [-0.3, -0.25) is 0 Å². The minimum atomic E-state index is 0.272. The van der Waals surface area contributed by atoms with Crippen molar-refractivity contribution in [3.63, 3.8) is 0 Å². The first-order chi connectivity index (χ1) is 9.11. The topological polar surface area (TPSA) is 49.5 Å². The van der Waals surface area contributed by atoms with E-state index < -0.39 is 0 Å². The van der Waals surface area contributed by atoms with E-state index in [1.807, 2.05) is 0 Å². The number of hydrogen-bond acceptors (Lipinski definition) is 3. The average molecular weight is 278 g/mol. The fraction of sp³-hybridized carbons (Fsp3) is 0.533. The van der Waals surface area contributed by atoms with Gasteiger partial charge >= 0.3 is 0 Å². The predicted molar refractivity (Wildman–Crippen MR) is 83.7 cm³/mol. The summed E-state index contributed by atoms with van der Waals surface area (Å²) in [5.74, 6) is 0.569. The van der Waals surface area contributed by atoms with Gasteiger partial charge in [0.25, 0.3) is 0 Å². The Morgan fingerprint density at radius 3 is 3.00 bits per heavy atom. The lowest BCUT2D eigenvalue weighted by molar-refractivity contribution is 0.244. The normalized spacial score (nSPS) is 19.5. The lowest BCUT2D eigenvalue weighted by Crippen LogP contribution is -2.37. The van der Waals surface area contributed by atoms with Crippen LogP contribution in [0.2, 0.25) is 0 Å². The van der Waals surface area contributed by atoms with E-state index >= 15 is 0 Å². The Morgan fingerprint density at radius 1 is 1.53 bits per heavy atom. The Balaban J connectivity index is 2.23. The largest absolute Gasteiger partial charge is 0.396 e. The molecule has 0 amide bonds. The van der Waals surface area contributed by atoms with Crippen molar-refractivity contribution in [2.45, 2.75) is 26.2 Å².